The number of rotatable bonds is 9. The molecule has 0 aromatic carbocycles. The van der Waals surface area contributed by atoms with E-state index in [1.165, 1.54) is 11.8 Å². The van der Waals surface area contributed by atoms with Crippen LogP contribution in [0.2, 0.25) is 0 Å². The molecule has 2 aromatic heterocycles. The zero-order valence-electron chi connectivity index (χ0n) is 15.4. The zero-order valence-corrected chi connectivity index (χ0v) is 16.2. The van der Waals surface area contributed by atoms with Crippen molar-refractivity contribution in [3.63, 3.8) is 0 Å². The van der Waals surface area contributed by atoms with Crippen LogP contribution in [-0.2, 0) is 23.1 Å². The smallest absolute Gasteiger partial charge is 0.319 e. The minimum Gasteiger partial charge on any atom is -0.476 e. The van der Waals surface area contributed by atoms with E-state index < -0.39 is 0 Å². The van der Waals surface area contributed by atoms with Crippen LogP contribution < -0.4 is 4.74 Å². The highest BCUT2D eigenvalue weighted by molar-refractivity contribution is 8.00. The Bertz CT molecular complexity index is 713. The third-order valence-electron chi connectivity index (χ3n) is 3.58. The van der Waals surface area contributed by atoms with E-state index in [1.54, 1.807) is 11.6 Å². The molecule has 2 aromatic rings. The van der Waals surface area contributed by atoms with Gasteiger partial charge < -0.3 is 14.0 Å². The maximum atomic E-state index is 12.0. The van der Waals surface area contributed by atoms with Crippen LogP contribution in [0, 0.1) is 0 Å². The second kappa shape index (κ2) is 8.89. The number of nitrogens with zero attached hydrogens (tertiary/aromatic N) is 5. The van der Waals surface area contributed by atoms with Crippen LogP contribution in [0.4, 0.5) is 0 Å². The predicted molar refractivity (Wildman–Crippen MR) is 95.6 cm³/mol. The van der Waals surface area contributed by atoms with E-state index in [9.17, 15) is 4.79 Å². The van der Waals surface area contributed by atoms with Gasteiger partial charge in [-0.3, -0.25) is 9.48 Å². The normalized spacial score (nSPS) is 12.2. The predicted octanol–water partition coefficient (Wildman–Crippen LogP) is 2.53. The molecule has 9 heteroatoms. The molecule has 0 aliphatic heterocycles. The largest absolute Gasteiger partial charge is 0.476 e. The number of carbonyl (C=O) groups excluding carboxylic acids is 1. The molecule has 1 atom stereocenters. The van der Waals surface area contributed by atoms with E-state index in [0.29, 0.717) is 36.5 Å². The van der Waals surface area contributed by atoms with Crippen LogP contribution in [0.25, 0.3) is 11.4 Å². The van der Waals surface area contributed by atoms with Crippen LogP contribution in [0.15, 0.2) is 11.4 Å². The third kappa shape index (κ3) is 4.33. The first-order chi connectivity index (χ1) is 12.0. The zero-order chi connectivity index (χ0) is 18.4. The SMILES string of the molecule is CCOC(=O)C(CC)Sc1nnc(-c2cn(CC)nc2OCC)n1C. The van der Waals surface area contributed by atoms with Gasteiger partial charge >= 0.3 is 5.97 Å². The quantitative estimate of drug-likeness (QED) is 0.497. The lowest BCUT2D eigenvalue weighted by molar-refractivity contribution is -0.142. The number of thioether (sulfide) groups is 1. The molecule has 0 N–H and O–H groups in total. The van der Waals surface area contributed by atoms with Crippen molar-refractivity contribution in [1.29, 1.82) is 0 Å². The van der Waals surface area contributed by atoms with Gasteiger partial charge in [-0.2, -0.15) is 0 Å². The lowest BCUT2D eigenvalue weighted by atomic mass is 10.3. The molecule has 1 unspecified atom stereocenters. The molecule has 0 saturated carbocycles. The number of aryl methyl sites for hydroxylation is 1. The minimum absolute atomic E-state index is 0.228. The van der Waals surface area contributed by atoms with Gasteiger partial charge in [0.1, 0.15) is 10.8 Å². The Morgan fingerprint density at radius 3 is 2.60 bits per heavy atom. The van der Waals surface area contributed by atoms with E-state index >= 15 is 0 Å². The van der Waals surface area contributed by atoms with Crippen molar-refractivity contribution in [3.05, 3.63) is 6.20 Å². The van der Waals surface area contributed by atoms with Gasteiger partial charge in [-0.15, -0.1) is 15.3 Å². The summed E-state index contributed by atoms with van der Waals surface area (Å²) in [7, 11) is 1.87. The molecule has 0 aliphatic rings. The van der Waals surface area contributed by atoms with Crippen molar-refractivity contribution in [2.75, 3.05) is 13.2 Å². The van der Waals surface area contributed by atoms with Crippen LogP contribution in [0.3, 0.4) is 0 Å². The van der Waals surface area contributed by atoms with E-state index in [0.717, 1.165) is 12.1 Å². The van der Waals surface area contributed by atoms with Crippen LogP contribution in [0.5, 0.6) is 5.88 Å². The molecule has 0 radical (unpaired) electrons. The van der Waals surface area contributed by atoms with Crippen LogP contribution in [0.1, 0.15) is 34.1 Å². The highest BCUT2D eigenvalue weighted by Crippen LogP contribution is 2.31. The molecule has 0 spiro atoms. The summed E-state index contributed by atoms with van der Waals surface area (Å²) in [6.07, 6.45) is 2.55. The average molecular weight is 367 g/mol. The molecule has 2 heterocycles. The van der Waals surface area contributed by atoms with Crippen molar-refractivity contribution in [2.45, 2.75) is 51.1 Å². The first-order valence-corrected chi connectivity index (χ1v) is 9.36. The fourth-order valence-electron chi connectivity index (χ4n) is 2.27. The molecule has 0 saturated heterocycles. The highest BCUT2D eigenvalue weighted by atomic mass is 32.2. The fraction of sp³-hybridized carbons (Fsp3) is 0.625. The lowest BCUT2D eigenvalue weighted by Gasteiger charge is -2.12. The van der Waals surface area contributed by atoms with Crippen molar-refractivity contribution < 1.29 is 14.3 Å². The lowest BCUT2D eigenvalue weighted by Crippen LogP contribution is -2.20. The molecule has 25 heavy (non-hydrogen) atoms. The van der Waals surface area contributed by atoms with Gasteiger partial charge in [-0.05, 0) is 27.2 Å². The van der Waals surface area contributed by atoms with E-state index in [1.807, 2.05) is 38.6 Å². The summed E-state index contributed by atoms with van der Waals surface area (Å²) in [4.78, 5) is 12.0. The van der Waals surface area contributed by atoms with E-state index in [-0.39, 0.29) is 11.2 Å². The molecule has 0 fully saturated rings. The maximum absolute atomic E-state index is 12.0. The highest BCUT2D eigenvalue weighted by Gasteiger charge is 2.24. The van der Waals surface area contributed by atoms with Crippen molar-refractivity contribution in [2.24, 2.45) is 7.05 Å². The Morgan fingerprint density at radius 1 is 1.24 bits per heavy atom. The van der Waals surface area contributed by atoms with Gasteiger partial charge in [0.05, 0.1) is 13.2 Å². The summed E-state index contributed by atoms with van der Waals surface area (Å²) < 4.78 is 14.4. The molecule has 138 valence electrons. The summed E-state index contributed by atoms with van der Waals surface area (Å²) >= 11 is 1.36. The number of hydrogen-bond donors (Lipinski definition) is 0. The second-order valence-electron chi connectivity index (χ2n) is 5.27. The monoisotopic (exact) mass is 367 g/mol. The third-order valence-corrected chi connectivity index (χ3v) is 4.95. The molecular formula is C16H25N5O3S. The number of esters is 1. The van der Waals surface area contributed by atoms with Crippen LogP contribution in [-0.4, -0.2) is 49.0 Å². The summed E-state index contributed by atoms with van der Waals surface area (Å²) in [6, 6.07) is 0. The van der Waals surface area contributed by atoms with Gasteiger partial charge in [0, 0.05) is 19.8 Å². The Balaban J connectivity index is 2.29. The molecule has 2 rings (SSSR count). The Hall–Kier alpha value is -2.03. The second-order valence-corrected chi connectivity index (χ2v) is 6.44. The minimum atomic E-state index is -0.305. The van der Waals surface area contributed by atoms with Crippen LogP contribution >= 0.6 is 11.8 Å². The first-order valence-electron chi connectivity index (χ1n) is 8.48. The van der Waals surface area contributed by atoms with Gasteiger partial charge in [0.15, 0.2) is 11.0 Å². The van der Waals surface area contributed by atoms with Crippen molar-refractivity contribution in [3.8, 4) is 17.3 Å². The Labute approximate surface area is 151 Å². The number of carbonyl (C=O) groups is 1. The molecule has 0 bridgehead atoms. The van der Waals surface area contributed by atoms with Gasteiger partial charge in [-0.1, -0.05) is 18.7 Å². The standard InChI is InChI=1S/C16H25N5O3S/c1-6-12(15(22)24-9-4)25-16-18-17-13(20(16)5)11-10-21(7-2)19-14(11)23-8-3/h10,12H,6-9H2,1-5H3. The van der Waals surface area contributed by atoms with Crippen molar-refractivity contribution in [1.82, 2.24) is 24.5 Å². The van der Waals surface area contributed by atoms with Crippen molar-refractivity contribution >= 4 is 17.7 Å². The summed E-state index contributed by atoms with van der Waals surface area (Å²) in [5, 5.41) is 13.3. The Morgan fingerprint density at radius 2 is 2.00 bits per heavy atom. The molecule has 0 amide bonds. The van der Waals surface area contributed by atoms with Gasteiger partial charge in [0.2, 0.25) is 5.88 Å². The summed E-state index contributed by atoms with van der Waals surface area (Å²) in [5.41, 5.74) is 0.787. The summed E-state index contributed by atoms with van der Waals surface area (Å²) in [6.45, 7) is 9.30. The molecule has 8 nitrogen and oxygen atoms in total. The van der Waals surface area contributed by atoms with Gasteiger partial charge in [0.25, 0.3) is 0 Å². The van der Waals surface area contributed by atoms with E-state index in [4.69, 9.17) is 9.47 Å². The average Bonchev–Trinajstić information content (AvgIpc) is 3.16. The number of hydrogen-bond acceptors (Lipinski definition) is 7. The fourth-order valence-corrected chi connectivity index (χ4v) is 3.19. The van der Waals surface area contributed by atoms with Gasteiger partial charge in [-0.25, -0.2) is 0 Å². The maximum Gasteiger partial charge on any atom is 0.319 e. The molecule has 0 aliphatic carbocycles. The molecular weight excluding hydrogens is 342 g/mol. The topological polar surface area (TPSA) is 84.1 Å². The first kappa shape index (κ1) is 19.3. The number of ether oxygens (including phenoxy) is 2. The number of aromatic nitrogens is 5. The Kier molecular flexibility index (Phi) is 6.86. The summed E-state index contributed by atoms with van der Waals surface area (Å²) in [5.74, 6) is 0.964. The van der Waals surface area contributed by atoms with E-state index in [2.05, 4.69) is 15.3 Å².